The monoisotopic (exact) mass is 282 g/mol. The van der Waals surface area contributed by atoms with Crippen LogP contribution in [0.5, 0.6) is 0 Å². The average Bonchev–Trinajstić information content (AvgIpc) is 2.46. The Kier molecular flexibility index (Phi) is 4.57. The van der Waals surface area contributed by atoms with E-state index in [-0.39, 0.29) is 12.5 Å². The molecular formula is C14H19FN2O3. The lowest BCUT2D eigenvalue weighted by Gasteiger charge is -2.37. The molecule has 0 aromatic heterocycles. The Balaban J connectivity index is 2.39. The molecule has 0 spiro atoms. The molecule has 6 heteroatoms. The van der Waals surface area contributed by atoms with E-state index >= 15 is 0 Å². The topological polar surface area (TPSA) is 61.8 Å². The standard InChI is InChI=1S/C14H19FN2O3/c1-9(18)11-7-10(15)3-4-12(11)17-5-6-20-8-13(17)14(19)16-2/h3-4,7,9,13,18H,5-6,8H2,1-2H3,(H,16,19)/t9-,13?/m1/s1. The van der Waals surface area contributed by atoms with Crippen LogP contribution < -0.4 is 10.2 Å². The summed E-state index contributed by atoms with van der Waals surface area (Å²) in [7, 11) is 1.56. The van der Waals surface area contributed by atoms with E-state index in [9.17, 15) is 14.3 Å². The van der Waals surface area contributed by atoms with E-state index in [0.29, 0.717) is 24.4 Å². The molecule has 1 amide bonds. The molecule has 1 heterocycles. The molecule has 0 bridgehead atoms. The van der Waals surface area contributed by atoms with Crippen molar-refractivity contribution in [1.29, 1.82) is 0 Å². The summed E-state index contributed by atoms with van der Waals surface area (Å²) in [6.45, 7) is 2.86. The maximum atomic E-state index is 13.4. The molecule has 0 saturated carbocycles. The van der Waals surface area contributed by atoms with Crippen LogP contribution in [0.25, 0.3) is 0 Å². The molecule has 0 aliphatic carbocycles. The number of morpholine rings is 1. The van der Waals surface area contributed by atoms with Gasteiger partial charge in [-0.1, -0.05) is 0 Å². The number of hydrogen-bond donors (Lipinski definition) is 2. The molecule has 1 unspecified atom stereocenters. The number of ether oxygens (including phenoxy) is 1. The number of hydrogen-bond acceptors (Lipinski definition) is 4. The van der Waals surface area contributed by atoms with Crippen molar-refractivity contribution in [2.24, 2.45) is 0 Å². The van der Waals surface area contributed by atoms with Gasteiger partial charge in [-0.25, -0.2) is 4.39 Å². The van der Waals surface area contributed by atoms with E-state index in [1.165, 1.54) is 12.1 Å². The molecular weight excluding hydrogens is 263 g/mol. The summed E-state index contributed by atoms with van der Waals surface area (Å²) in [4.78, 5) is 13.8. The van der Waals surface area contributed by atoms with Gasteiger partial charge in [0, 0.05) is 24.8 Å². The van der Waals surface area contributed by atoms with Crippen molar-refractivity contribution in [1.82, 2.24) is 5.32 Å². The number of anilines is 1. The first kappa shape index (κ1) is 14.7. The van der Waals surface area contributed by atoms with Gasteiger partial charge in [0.15, 0.2) is 0 Å². The van der Waals surface area contributed by atoms with Gasteiger partial charge in [0.05, 0.1) is 19.3 Å². The summed E-state index contributed by atoms with van der Waals surface area (Å²) in [6, 6.07) is 3.75. The number of carbonyl (C=O) groups is 1. The minimum atomic E-state index is -0.811. The van der Waals surface area contributed by atoms with Gasteiger partial charge < -0.3 is 20.1 Å². The van der Waals surface area contributed by atoms with Gasteiger partial charge in [-0.05, 0) is 25.1 Å². The summed E-state index contributed by atoms with van der Waals surface area (Å²) in [5.74, 6) is -0.569. The summed E-state index contributed by atoms with van der Waals surface area (Å²) in [6.07, 6.45) is -0.811. The van der Waals surface area contributed by atoms with Crippen molar-refractivity contribution in [2.45, 2.75) is 19.1 Å². The highest BCUT2D eigenvalue weighted by atomic mass is 19.1. The molecule has 2 atom stereocenters. The van der Waals surface area contributed by atoms with E-state index in [4.69, 9.17) is 4.74 Å². The number of nitrogens with zero attached hydrogens (tertiary/aromatic N) is 1. The maximum absolute atomic E-state index is 13.4. The van der Waals surface area contributed by atoms with Crippen molar-refractivity contribution in [3.8, 4) is 0 Å². The van der Waals surface area contributed by atoms with E-state index in [0.717, 1.165) is 0 Å². The average molecular weight is 282 g/mol. The van der Waals surface area contributed by atoms with Gasteiger partial charge in [-0.3, -0.25) is 4.79 Å². The molecule has 1 fully saturated rings. The van der Waals surface area contributed by atoms with Crippen molar-refractivity contribution < 1.29 is 19.0 Å². The Morgan fingerprint density at radius 2 is 2.35 bits per heavy atom. The second-order valence-corrected chi connectivity index (χ2v) is 4.78. The van der Waals surface area contributed by atoms with Crippen molar-refractivity contribution in [3.05, 3.63) is 29.6 Å². The summed E-state index contributed by atoms with van der Waals surface area (Å²) >= 11 is 0. The van der Waals surface area contributed by atoms with E-state index in [1.54, 1.807) is 20.0 Å². The third-order valence-electron chi connectivity index (χ3n) is 3.43. The predicted molar refractivity (Wildman–Crippen MR) is 73.1 cm³/mol. The van der Waals surface area contributed by atoms with Crippen LogP contribution in [-0.2, 0) is 9.53 Å². The Bertz CT molecular complexity index is 493. The summed E-state index contributed by atoms with van der Waals surface area (Å²) in [5, 5.41) is 12.4. The Labute approximate surface area is 117 Å². The predicted octanol–water partition coefficient (Wildman–Crippen LogP) is 0.830. The molecule has 20 heavy (non-hydrogen) atoms. The Hall–Kier alpha value is -1.66. The molecule has 2 rings (SSSR count). The lowest BCUT2D eigenvalue weighted by molar-refractivity contribution is -0.124. The molecule has 1 aromatic carbocycles. The number of carbonyl (C=O) groups excluding carboxylic acids is 1. The van der Waals surface area contributed by atoms with Gasteiger partial charge in [0.1, 0.15) is 11.9 Å². The fraction of sp³-hybridized carbons (Fsp3) is 0.500. The molecule has 110 valence electrons. The number of halogens is 1. The number of aliphatic hydroxyl groups is 1. The largest absolute Gasteiger partial charge is 0.389 e. The minimum absolute atomic E-state index is 0.162. The Morgan fingerprint density at radius 1 is 1.60 bits per heavy atom. The molecule has 1 aromatic rings. The zero-order valence-electron chi connectivity index (χ0n) is 11.6. The second kappa shape index (κ2) is 6.19. The lowest BCUT2D eigenvalue weighted by Crippen LogP contribution is -2.53. The van der Waals surface area contributed by atoms with Crippen LogP contribution in [0, 0.1) is 5.82 Å². The highest BCUT2D eigenvalue weighted by Crippen LogP contribution is 2.29. The minimum Gasteiger partial charge on any atom is -0.389 e. The summed E-state index contributed by atoms with van der Waals surface area (Å²) in [5.41, 5.74) is 1.14. The molecule has 2 N–H and O–H groups in total. The zero-order valence-corrected chi connectivity index (χ0v) is 11.6. The Morgan fingerprint density at radius 3 is 3.00 bits per heavy atom. The third-order valence-corrected chi connectivity index (χ3v) is 3.43. The van der Waals surface area contributed by atoms with Crippen molar-refractivity contribution >= 4 is 11.6 Å². The zero-order chi connectivity index (χ0) is 14.7. The summed E-state index contributed by atoms with van der Waals surface area (Å²) < 4.78 is 18.7. The van der Waals surface area contributed by atoms with Crippen LogP contribution in [0.2, 0.25) is 0 Å². The molecule has 5 nitrogen and oxygen atoms in total. The van der Waals surface area contributed by atoms with Crippen LogP contribution >= 0.6 is 0 Å². The maximum Gasteiger partial charge on any atom is 0.244 e. The second-order valence-electron chi connectivity index (χ2n) is 4.78. The lowest BCUT2D eigenvalue weighted by atomic mass is 10.0. The first-order valence-corrected chi connectivity index (χ1v) is 6.58. The van der Waals surface area contributed by atoms with Crippen LogP contribution in [0.4, 0.5) is 10.1 Å². The van der Waals surface area contributed by atoms with Crippen molar-refractivity contribution in [2.75, 3.05) is 31.7 Å². The van der Waals surface area contributed by atoms with E-state index in [1.807, 2.05) is 4.90 Å². The van der Waals surface area contributed by atoms with Crippen molar-refractivity contribution in [3.63, 3.8) is 0 Å². The number of benzene rings is 1. The van der Waals surface area contributed by atoms with Gasteiger partial charge in [0.2, 0.25) is 5.91 Å². The first-order chi connectivity index (χ1) is 9.54. The van der Waals surface area contributed by atoms with Gasteiger partial charge in [0.25, 0.3) is 0 Å². The smallest absolute Gasteiger partial charge is 0.244 e. The van der Waals surface area contributed by atoms with Gasteiger partial charge >= 0.3 is 0 Å². The fourth-order valence-electron chi connectivity index (χ4n) is 2.40. The number of nitrogens with one attached hydrogen (secondary N) is 1. The highest BCUT2D eigenvalue weighted by molar-refractivity contribution is 5.85. The van der Waals surface area contributed by atoms with E-state index in [2.05, 4.69) is 5.32 Å². The van der Waals surface area contributed by atoms with Crippen LogP contribution in [0.3, 0.4) is 0 Å². The number of rotatable bonds is 3. The number of amides is 1. The van der Waals surface area contributed by atoms with Gasteiger partial charge in [-0.15, -0.1) is 0 Å². The van der Waals surface area contributed by atoms with E-state index < -0.39 is 18.0 Å². The fourth-order valence-corrected chi connectivity index (χ4v) is 2.40. The molecule has 1 aliphatic heterocycles. The molecule has 1 saturated heterocycles. The molecule has 1 aliphatic rings. The van der Waals surface area contributed by atoms with Crippen LogP contribution in [0.1, 0.15) is 18.6 Å². The molecule has 0 radical (unpaired) electrons. The number of likely N-dealkylation sites (N-methyl/N-ethyl adjacent to an activating group) is 1. The number of aliphatic hydroxyl groups excluding tert-OH is 1. The normalized spacial score (nSPS) is 20.6. The quantitative estimate of drug-likeness (QED) is 0.862. The first-order valence-electron chi connectivity index (χ1n) is 6.58. The SMILES string of the molecule is CNC(=O)C1COCCN1c1ccc(F)cc1[C@@H](C)O. The van der Waals surface area contributed by atoms with Crippen LogP contribution in [-0.4, -0.2) is 43.9 Å². The van der Waals surface area contributed by atoms with Gasteiger partial charge in [-0.2, -0.15) is 0 Å². The third kappa shape index (κ3) is 2.91. The highest BCUT2D eigenvalue weighted by Gasteiger charge is 2.30. The van der Waals surface area contributed by atoms with Crippen LogP contribution in [0.15, 0.2) is 18.2 Å².